The first-order chi connectivity index (χ1) is 10.3. The van der Waals surface area contributed by atoms with E-state index in [0.717, 1.165) is 16.8 Å². The van der Waals surface area contributed by atoms with E-state index in [9.17, 15) is 9.59 Å². The van der Waals surface area contributed by atoms with Crippen LogP contribution >= 0.6 is 0 Å². The first-order valence-electron chi connectivity index (χ1n) is 6.86. The highest BCUT2D eigenvalue weighted by molar-refractivity contribution is 6.11. The molecule has 4 rings (SSSR count). The van der Waals surface area contributed by atoms with Crippen LogP contribution in [0.25, 0.3) is 0 Å². The summed E-state index contributed by atoms with van der Waals surface area (Å²) >= 11 is 0. The van der Waals surface area contributed by atoms with Gasteiger partial charge in [0.15, 0.2) is 12.4 Å². The first kappa shape index (κ1) is 12.3. The van der Waals surface area contributed by atoms with Gasteiger partial charge in [-0.15, -0.1) is 0 Å². The van der Waals surface area contributed by atoms with Crippen LogP contribution in [0.15, 0.2) is 54.6 Å². The molecule has 4 heteroatoms. The van der Waals surface area contributed by atoms with Crippen molar-refractivity contribution in [3.05, 3.63) is 65.7 Å². The standard InChI is InChI=1S/C17H13NO3/c19-11-15-17(21-15)13-8-4-5-9-14(13)18(16(17)20)10-12-6-2-1-3-7-12/h1-9,11,15H,10H2/t15-,17-/m1/s1. The average Bonchev–Trinajstić information content (AvgIpc) is 3.24. The Morgan fingerprint density at radius 1 is 1.10 bits per heavy atom. The van der Waals surface area contributed by atoms with Crippen molar-refractivity contribution in [3.8, 4) is 0 Å². The molecule has 0 radical (unpaired) electrons. The lowest BCUT2D eigenvalue weighted by Gasteiger charge is -2.17. The molecule has 1 spiro atoms. The van der Waals surface area contributed by atoms with Gasteiger partial charge in [-0.1, -0.05) is 48.5 Å². The lowest BCUT2D eigenvalue weighted by molar-refractivity contribution is -0.123. The lowest BCUT2D eigenvalue weighted by Crippen LogP contribution is -2.33. The van der Waals surface area contributed by atoms with Crippen LogP contribution < -0.4 is 4.90 Å². The zero-order chi connectivity index (χ0) is 14.4. The minimum absolute atomic E-state index is 0.148. The second-order valence-corrected chi connectivity index (χ2v) is 5.30. The number of amides is 1. The van der Waals surface area contributed by atoms with E-state index in [2.05, 4.69) is 0 Å². The van der Waals surface area contributed by atoms with Crippen LogP contribution in [0.3, 0.4) is 0 Å². The number of hydrogen-bond acceptors (Lipinski definition) is 3. The number of carbonyl (C=O) groups excluding carboxylic acids is 2. The minimum atomic E-state index is -1.08. The molecule has 1 saturated heterocycles. The number of ether oxygens (including phenoxy) is 1. The molecule has 4 nitrogen and oxygen atoms in total. The summed E-state index contributed by atoms with van der Waals surface area (Å²) in [7, 11) is 0. The number of nitrogens with zero attached hydrogens (tertiary/aromatic N) is 1. The second kappa shape index (κ2) is 4.27. The fraction of sp³-hybridized carbons (Fsp3) is 0.176. The van der Waals surface area contributed by atoms with Crippen molar-refractivity contribution in [2.45, 2.75) is 18.2 Å². The third-order valence-electron chi connectivity index (χ3n) is 4.12. The second-order valence-electron chi connectivity index (χ2n) is 5.30. The normalized spacial score (nSPS) is 26.0. The van der Waals surface area contributed by atoms with E-state index in [-0.39, 0.29) is 5.91 Å². The molecule has 0 saturated carbocycles. The van der Waals surface area contributed by atoms with Gasteiger partial charge in [-0.25, -0.2) is 0 Å². The number of fused-ring (bicyclic) bond motifs is 2. The van der Waals surface area contributed by atoms with Gasteiger partial charge in [-0.2, -0.15) is 0 Å². The SMILES string of the molecule is O=C[C@H]1O[C@@]12C(=O)N(Cc1ccccc1)c1ccccc12. The van der Waals surface area contributed by atoms with E-state index >= 15 is 0 Å². The number of aldehydes is 1. The van der Waals surface area contributed by atoms with Crippen LogP contribution in [0.2, 0.25) is 0 Å². The first-order valence-corrected chi connectivity index (χ1v) is 6.86. The molecule has 2 aromatic rings. The number of carbonyl (C=O) groups is 2. The van der Waals surface area contributed by atoms with E-state index in [4.69, 9.17) is 4.74 Å². The molecular formula is C17H13NO3. The van der Waals surface area contributed by atoms with Crippen molar-refractivity contribution in [1.82, 2.24) is 0 Å². The highest BCUT2D eigenvalue weighted by Gasteiger charge is 2.69. The summed E-state index contributed by atoms with van der Waals surface area (Å²) in [4.78, 5) is 25.5. The molecule has 2 aromatic carbocycles. The molecule has 1 amide bonds. The zero-order valence-electron chi connectivity index (χ0n) is 11.2. The van der Waals surface area contributed by atoms with Gasteiger partial charge in [0, 0.05) is 5.56 Å². The van der Waals surface area contributed by atoms with E-state index in [0.29, 0.717) is 12.8 Å². The highest BCUT2D eigenvalue weighted by Crippen LogP contribution is 2.55. The van der Waals surface area contributed by atoms with Gasteiger partial charge >= 0.3 is 0 Å². The molecule has 0 unspecified atom stereocenters. The van der Waals surface area contributed by atoms with Crippen LogP contribution in [0, 0.1) is 0 Å². The Hall–Kier alpha value is -2.46. The highest BCUT2D eigenvalue weighted by atomic mass is 16.6. The summed E-state index contributed by atoms with van der Waals surface area (Å²) in [6, 6.07) is 17.3. The molecule has 2 heterocycles. The summed E-state index contributed by atoms with van der Waals surface area (Å²) in [6.07, 6.45) is 0.0488. The molecule has 2 aliphatic rings. The minimum Gasteiger partial charge on any atom is -0.342 e. The topological polar surface area (TPSA) is 49.9 Å². The summed E-state index contributed by atoms with van der Waals surface area (Å²) in [5.41, 5.74) is 1.59. The number of epoxide rings is 1. The Bertz CT molecular complexity index is 728. The van der Waals surface area contributed by atoms with Crippen molar-refractivity contribution >= 4 is 17.9 Å². The molecule has 1 fully saturated rings. The predicted molar refractivity (Wildman–Crippen MR) is 76.7 cm³/mol. The fourth-order valence-electron chi connectivity index (χ4n) is 3.05. The fourth-order valence-corrected chi connectivity index (χ4v) is 3.05. The summed E-state index contributed by atoms with van der Waals surface area (Å²) < 4.78 is 5.46. The molecule has 0 aromatic heterocycles. The maximum absolute atomic E-state index is 12.8. The van der Waals surface area contributed by atoms with Gasteiger partial charge in [-0.3, -0.25) is 4.79 Å². The van der Waals surface area contributed by atoms with Crippen molar-refractivity contribution < 1.29 is 14.3 Å². The van der Waals surface area contributed by atoms with Crippen molar-refractivity contribution in [3.63, 3.8) is 0 Å². The van der Waals surface area contributed by atoms with Crippen molar-refractivity contribution in [2.75, 3.05) is 4.90 Å². The Labute approximate surface area is 121 Å². The number of rotatable bonds is 3. The zero-order valence-corrected chi connectivity index (χ0v) is 11.2. The largest absolute Gasteiger partial charge is 0.342 e. The van der Waals surface area contributed by atoms with Gasteiger partial charge in [0.05, 0.1) is 12.2 Å². The Kier molecular flexibility index (Phi) is 2.50. The molecular weight excluding hydrogens is 266 g/mol. The summed E-state index contributed by atoms with van der Waals surface area (Å²) in [5, 5.41) is 0. The van der Waals surface area contributed by atoms with Gasteiger partial charge < -0.3 is 14.4 Å². The average molecular weight is 279 g/mol. The number of benzene rings is 2. The molecule has 0 N–H and O–H groups in total. The quantitative estimate of drug-likeness (QED) is 0.638. The number of para-hydroxylation sites is 1. The van der Waals surface area contributed by atoms with E-state index in [1.807, 2.05) is 54.6 Å². The maximum Gasteiger partial charge on any atom is 0.267 e. The molecule has 2 aliphatic heterocycles. The van der Waals surface area contributed by atoms with Gasteiger partial charge in [-0.05, 0) is 11.6 Å². The molecule has 0 bridgehead atoms. The number of anilines is 1. The monoisotopic (exact) mass is 279 g/mol. The number of hydrogen-bond donors (Lipinski definition) is 0. The molecule has 104 valence electrons. The predicted octanol–water partition coefficient (Wildman–Crippen LogP) is 2.03. The van der Waals surface area contributed by atoms with Crippen LogP contribution in [-0.2, 0) is 26.5 Å². The van der Waals surface area contributed by atoms with E-state index < -0.39 is 11.7 Å². The van der Waals surface area contributed by atoms with E-state index in [1.54, 1.807) is 4.90 Å². The van der Waals surface area contributed by atoms with Crippen LogP contribution in [0.4, 0.5) is 5.69 Å². The third kappa shape index (κ3) is 1.59. The molecule has 2 atom stereocenters. The van der Waals surface area contributed by atoms with Crippen LogP contribution in [0.5, 0.6) is 0 Å². The summed E-state index contributed by atoms with van der Waals surface area (Å²) in [6.45, 7) is 0.480. The van der Waals surface area contributed by atoms with Gasteiger partial charge in [0.1, 0.15) is 0 Å². The van der Waals surface area contributed by atoms with Crippen LogP contribution in [0.1, 0.15) is 11.1 Å². The van der Waals surface area contributed by atoms with Crippen LogP contribution in [-0.4, -0.2) is 18.3 Å². The van der Waals surface area contributed by atoms with Gasteiger partial charge in [0.25, 0.3) is 5.91 Å². The Balaban J connectivity index is 1.76. The smallest absolute Gasteiger partial charge is 0.267 e. The molecule has 21 heavy (non-hydrogen) atoms. The van der Waals surface area contributed by atoms with Gasteiger partial charge in [0.2, 0.25) is 5.60 Å². The Morgan fingerprint density at radius 2 is 1.81 bits per heavy atom. The van der Waals surface area contributed by atoms with Crippen molar-refractivity contribution in [1.29, 1.82) is 0 Å². The third-order valence-corrected chi connectivity index (χ3v) is 4.12. The molecule has 0 aliphatic carbocycles. The maximum atomic E-state index is 12.8. The summed E-state index contributed by atoms with van der Waals surface area (Å²) in [5.74, 6) is -0.148. The van der Waals surface area contributed by atoms with E-state index in [1.165, 1.54) is 0 Å². The lowest BCUT2D eigenvalue weighted by atomic mass is 9.97. The Morgan fingerprint density at radius 3 is 2.52 bits per heavy atom. The van der Waals surface area contributed by atoms with Crippen molar-refractivity contribution in [2.24, 2.45) is 0 Å².